The standard InChI is InChI=1S/2C7H9.Sn/c2*1-2-7-5-3-4-6-7;/h2*3-6H,2H2,1H3;. The Balaban J connectivity index is 2.19. The van der Waals surface area contributed by atoms with Crippen molar-refractivity contribution in [1.29, 1.82) is 0 Å². The predicted molar refractivity (Wildman–Crippen MR) is 68.3 cm³/mol. The molecule has 0 nitrogen and oxygen atoms in total. The van der Waals surface area contributed by atoms with Gasteiger partial charge in [-0.15, -0.1) is 0 Å². The van der Waals surface area contributed by atoms with Crippen LogP contribution in [0.5, 0.6) is 0 Å². The van der Waals surface area contributed by atoms with Gasteiger partial charge in [0.15, 0.2) is 0 Å². The molecule has 0 amide bonds. The Labute approximate surface area is 103 Å². The molecule has 0 aromatic carbocycles. The summed E-state index contributed by atoms with van der Waals surface area (Å²) in [5.41, 5.74) is 0. The number of hydrogen-bond donors (Lipinski definition) is 0. The third-order valence-electron chi connectivity index (χ3n) is 3.43. The van der Waals surface area contributed by atoms with E-state index in [1.165, 1.54) is 12.8 Å². The van der Waals surface area contributed by atoms with Crippen molar-refractivity contribution in [3.8, 4) is 0 Å². The molecule has 0 aromatic heterocycles. The number of rotatable bonds is 4. The van der Waals surface area contributed by atoms with Crippen molar-refractivity contribution in [1.82, 2.24) is 0 Å². The van der Waals surface area contributed by atoms with E-state index in [-0.39, 0.29) is 0 Å². The summed E-state index contributed by atoms with van der Waals surface area (Å²) in [6.07, 6.45) is 21.2. The van der Waals surface area contributed by atoms with Gasteiger partial charge in [-0.1, -0.05) is 0 Å². The van der Waals surface area contributed by atoms with Crippen LogP contribution in [0.2, 0.25) is 6.86 Å². The van der Waals surface area contributed by atoms with E-state index in [2.05, 4.69) is 62.5 Å². The molecule has 0 aromatic rings. The number of allylic oxidation sites excluding steroid dienone is 8. The van der Waals surface area contributed by atoms with E-state index in [0.29, 0.717) is 6.86 Å². The predicted octanol–water partition coefficient (Wildman–Crippen LogP) is 4.08. The van der Waals surface area contributed by atoms with Gasteiger partial charge in [0.1, 0.15) is 0 Å². The second-order valence-electron chi connectivity index (χ2n) is 4.35. The molecule has 0 fully saturated rings. The van der Waals surface area contributed by atoms with Crippen molar-refractivity contribution < 1.29 is 0 Å². The van der Waals surface area contributed by atoms with Gasteiger partial charge in [0.25, 0.3) is 0 Å². The topological polar surface area (TPSA) is 0 Å². The minimum atomic E-state index is -0.513. The minimum absolute atomic E-state index is 0.471. The molecular weight excluding hydrogens is 287 g/mol. The van der Waals surface area contributed by atoms with Crippen molar-refractivity contribution in [2.24, 2.45) is 0 Å². The molecule has 2 radical (unpaired) electrons. The van der Waals surface area contributed by atoms with Crippen LogP contribution in [0.1, 0.15) is 26.7 Å². The first-order chi connectivity index (χ1) is 7.24. The van der Waals surface area contributed by atoms with Crippen molar-refractivity contribution in [3.05, 3.63) is 48.6 Å². The van der Waals surface area contributed by atoms with E-state index >= 15 is 0 Å². The van der Waals surface area contributed by atoms with Crippen molar-refractivity contribution >= 4 is 21.1 Å². The summed E-state index contributed by atoms with van der Waals surface area (Å²) in [5, 5.41) is 0. The molecule has 0 saturated heterocycles. The summed E-state index contributed by atoms with van der Waals surface area (Å²) >= 11 is -0.513. The molecule has 0 atom stereocenters. The molecule has 2 aliphatic carbocycles. The monoisotopic (exact) mass is 306 g/mol. The SMILES string of the molecule is CC[C]1([Sn][C]2(CC)C=CC=C2)C=CC=C1. The maximum absolute atomic E-state index is 2.44. The van der Waals surface area contributed by atoms with Crippen LogP contribution in [0.25, 0.3) is 0 Å². The van der Waals surface area contributed by atoms with Gasteiger partial charge in [-0.05, 0) is 0 Å². The fraction of sp³-hybridized carbons (Fsp3) is 0.429. The zero-order valence-electron chi connectivity index (χ0n) is 9.53. The zero-order chi connectivity index (χ0) is 10.8. The van der Waals surface area contributed by atoms with Crippen LogP contribution in [0, 0.1) is 0 Å². The van der Waals surface area contributed by atoms with Gasteiger partial charge in [0.2, 0.25) is 0 Å². The first-order valence-corrected chi connectivity index (χ1v) is 8.63. The Morgan fingerprint density at radius 2 is 1.07 bits per heavy atom. The Morgan fingerprint density at radius 1 is 0.733 bits per heavy atom. The average molecular weight is 305 g/mol. The van der Waals surface area contributed by atoms with E-state index in [0.717, 1.165) is 0 Å². The van der Waals surface area contributed by atoms with Crippen molar-refractivity contribution in [2.75, 3.05) is 0 Å². The van der Waals surface area contributed by atoms with Gasteiger partial charge < -0.3 is 0 Å². The molecule has 0 unspecified atom stereocenters. The summed E-state index contributed by atoms with van der Waals surface area (Å²) in [6, 6.07) is 0. The number of hydrogen-bond acceptors (Lipinski definition) is 0. The van der Waals surface area contributed by atoms with Crippen LogP contribution < -0.4 is 0 Å². The van der Waals surface area contributed by atoms with E-state index in [9.17, 15) is 0 Å². The van der Waals surface area contributed by atoms with Crippen LogP contribution in [0.3, 0.4) is 0 Å². The summed E-state index contributed by atoms with van der Waals surface area (Å²) < 4.78 is 0.941. The Hall–Kier alpha value is -0.241. The molecule has 0 N–H and O–H groups in total. The van der Waals surface area contributed by atoms with Gasteiger partial charge in [0, 0.05) is 0 Å². The van der Waals surface area contributed by atoms with Gasteiger partial charge >= 0.3 is 103 Å². The molecule has 0 spiro atoms. The summed E-state index contributed by atoms with van der Waals surface area (Å²) in [4.78, 5) is 0. The maximum atomic E-state index is 2.44. The third kappa shape index (κ3) is 2.15. The van der Waals surface area contributed by atoms with E-state index in [1.54, 1.807) is 0 Å². The fourth-order valence-corrected chi connectivity index (χ4v) is 7.80. The quantitative estimate of drug-likeness (QED) is 0.687. The van der Waals surface area contributed by atoms with Crippen LogP contribution in [0.4, 0.5) is 0 Å². The molecule has 2 aliphatic rings. The van der Waals surface area contributed by atoms with Crippen LogP contribution in [-0.4, -0.2) is 21.1 Å². The van der Waals surface area contributed by atoms with Gasteiger partial charge in [-0.3, -0.25) is 0 Å². The first kappa shape index (κ1) is 11.3. The molecule has 15 heavy (non-hydrogen) atoms. The molecule has 78 valence electrons. The van der Waals surface area contributed by atoms with Crippen LogP contribution in [-0.2, 0) is 0 Å². The van der Waals surface area contributed by atoms with E-state index in [4.69, 9.17) is 0 Å². The van der Waals surface area contributed by atoms with E-state index < -0.39 is 21.1 Å². The second kappa shape index (κ2) is 4.32. The van der Waals surface area contributed by atoms with Crippen molar-refractivity contribution in [2.45, 2.75) is 33.6 Å². The summed E-state index contributed by atoms with van der Waals surface area (Å²) in [7, 11) is 0. The van der Waals surface area contributed by atoms with Gasteiger partial charge in [-0.25, -0.2) is 0 Å². The zero-order valence-corrected chi connectivity index (χ0v) is 12.4. The third-order valence-corrected chi connectivity index (χ3v) is 10.0. The van der Waals surface area contributed by atoms with Crippen LogP contribution in [0.15, 0.2) is 48.6 Å². The van der Waals surface area contributed by atoms with Gasteiger partial charge in [-0.2, -0.15) is 0 Å². The van der Waals surface area contributed by atoms with Gasteiger partial charge in [0.05, 0.1) is 0 Å². The Bertz CT molecular complexity index is 286. The normalized spacial score (nSPS) is 24.1. The summed E-state index contributed by atoms with van der Waals surface area (Å²) in [5.74, 6) is 0. The fourth-order valence-electron chi connectivity index (χ4n) is 2.27. The molecule has 0 aliphatic heterocycles. The second-order valence-corrected chi connectivity index (χ2v) is 10.4. The van der Waals surface area contributed by atoms with E-state index in [1.807, 2.05) is 0 Å². The molecule has 1 heteroatoms. The first-order valence-electron chi connectivity index (χ1n) is 5.78. The molecule has 0 saturated carbocycles. The molecule has 0 heterocycles. The Morgan fingerprint density at radius 3 is 1.33 bits per heavy atom. The van der Waals surface area contributed by atoms with Crippen LogP contribution >= 0.6 is 0 Å². The summed E-state index contributed by atoms with van der Waals surface area (Å²) in [6.45, 7) is 4.65. The molecule has 2 rings (SSSR count). The van der Waals surface area contributed by atoms with Crippen molar-refractivity contribution in [3.63, 3.8) is 0 Å². The average Bonchev–Trinajstić information content (AvgIpc) is 2.89. The Kier molecular flexibility index (Phi) is 3.24. The molecular formula is C14H18Sn. The molecule has 0 bridgehead atoms.